The van der Waals surface area contributed by atoms with Crippen molar-refractivity contribution in [2.75, 3.05) is 11.5 Å². The second-order valence-corrected chi connectivity index (χ2v) is 9.78. The molecular formula is C17H21FN3O3S2+. The summed E-state index contributed by atoms with van der Waals surface area (Å²) in [6, 6.07) is 7.08. The van der Waals surface area contributed by atoms with E-state index in [4.69, 9.17) is 16.6 Å². The van der Waals surface area contributed by atoms with Gasteiger partial charge in [0.2, 0.25) is 5.89 Å². The zero-order chi connectivity index (χ0) is 18.3. The number of hydrogen-bond acceptors (Lipinski definition) is 5. The number of benzene rings is 1. The van der Waals surface area contributed by atoms with E-state index < -0.39 is 9.84 Å². The van der Waals surface area contributed by atoms with Gasteiger partial charge in [-0.05, 0) is 30.8 Å². The second-order valence-electron chi connectivity index (χ2n) is 7.20. The topological polar surface area (TPSA) is 69.5 Å². The molecule has 0 radical (unpaired) electrons. The van der Waals surface area contributed by atoms with Gasteiger partial charge < -0.3 is 9.32 Å². The van der Waals surface area contributed by atoms with E-state index in [1.54, 1.807) is 16.8 Å². The lowest BCUT2D eigenvalue weighted by molar-refractivity contribution is -0.947. The lowest BCUT2D eigenvalue weighted by atomic mass is 10.1. The van der Waals surface area contributed by atoms with Crippen LogP contribution in [0.3, 0.4) is 0 Å². The molecule has 2 aliphatic rings. The van der Waals surface area contributed by atoms with Crippen LogP contribution in [0.2, 0.25) is 0 Å². The van der Waals surface area contributed by atoms with Crippen molar-refractivity contribution < 1.29 is 22.1 Å². The van der Waals surface area contributed by atoms with Gasteiger partial charge in [0.05, 0.1) is 23.5 Å². The first-order valence-electron chi connectivity index (χ1n) is 8.77. The van der Waals surface area contributed by atoms with Crippen molar-refractivity contribution in [3.63, 3.8) is 0 Å². The van der Waals surface area contributed by atoms with Crippen molar-refractivity contribution in [2.24, 2.45) is 0 Å². The highest BCUT2D eigenvalue weighted by Crippen LogP contribution is 2.27. The van der Waals surface area contributed by atoms with E-state index >= 15 is 0 Å². The van der Waals surface area contributed by atoms with Gasteiger partial charge in [0, 0.05) is 18.4 Å². The first kappa shape index (κ1) is 17.8. The Hall–Kier alpha value is -1.58. The molecule has 2 heterocycles. The van der Waals surface area contributed by atoms with E-state index in [-0.39, 0.29) is 28.1 Å². The Morgan fingerprint density at radius 2 is 2.00 bits per heavy atom. The number of nitrogens with one attached hydrogen (secondary N) is 1. The van der Waals surface area contributed by atoms with Crippen molar-refractivity contribution in [3.8, 4) is 0 Å². The minimum Gasteiger partial charge on any atom is -0.413 e. The van der Waals surface area contributed by atoms with Gasteiger partial charge in [-0.25, -0.2) is 12.8 Å². The largest absolute Gasteiger partial charge is 0.413 e. The fourth-order valence-corrected chi connectivity index (χ4v) is 5.38. The van der Waals surface area contributed by atoms with Gasteiger partial charge in [0.15, 0.2) is 16.5 Å². The number of sulfone groups is 1. The molecule has 9 heteroatoms. The lowest BCUT2D eigenvalue weighted by Gasteiger charge is -2.18. The highest BCUT2D eigenvalue weighted by molar-refractivity contribution is 7.91. The monoisotopic (exact) mass is 398 g/mol. The summed E-state index contributed by atoms with van der Waals surface area (Å²) in [7, 11) is -3.00. The number of halogens is 1. The molecule has 1 unspecified atom stereocenters. The summed E-state index contributed by atoms with van der Waals surface area (Å²) in [5.74, 6) is 0.238. The molecule has 26 heavy (non-hydrogen) atoms. The standard InChI is InChI=1S/C17H20FN3O3S2/c18-14-3-1-12(2-4-14)9-20(15-5-6-15)11-21-17(25)24-16(19-21)13-7-8-26(22,23)10-13/h1-4,13,15H,5-11H2/p+1/t13-/m1/s1. The molecular weight excluding hydrogens is 377 g/mol. The molecule has 2 fully saturated rings. The van der Waals surface area contributed by atoms with E-state index in [0.29, 0.717) is 25.0 Å². The zero-order valence-electron chi connectivity index (χ0n) is 14.2. The fraction of sp³-hybridized carbons (Fsp3) is 0.529. The van der Waals surface area contributed by atoms with Crippen LogP contribution >= 0.6 is 12.2 Å². The van der Waals surface area contributed by atoms with E-state index in [2.05, 4.69) is 5.10 Å². The summed E-state index contributed by atoms with van der Waals surface area (Å²) in [5, 5.41) is 4.46. The summed E-state index contributed by atoms with van der Waals surface area (Å²) < 4.78 is 43.7. The Morgan fingerprint density at radius 1 is 1.27 bits per heavy atom. The minimum atomic E-state index is -3.00. The smallest absolute Gasteiger partial charge is 0.291 e. The molecule has 1 aromatic heterocycles. The Kier molecular flexibility index (Phi) is 4.70. The van der Waals surface area contributed by atoms with Crippen molar-refractivity contribution in [1.29, 1.82) is 0 Å². The third-order valence-corrected chi connectivity index (χ3v) is 7.12. The van der Waals surface area contributed by atoms with Crippen LogP contribution < -0.4 is 4.90 Å². The van der Waals surface area contributed by atoms with Crippen LogP contribution in [0.25, 0.3) is 0 Å². The molecule has 0 bridgehead atoms. The molecule has 4 rings (SSSR count). The fourth-order valence-electron chi connectivity index (χ4n) is 3.45. The van der Waals surface area contributed by atoms with E-state index in [1.165, 1.54) is 17.0 Å². The SMILES string of the molecule is O=S1(=O)CC[C@@H](c2nn(C[NH+](Cc3ccc(F)cc3)C3CC3)c(=S)o2)C1. The molecule has 1 aromatic carbocycles. The molecule has 2 aromatic rings. The highest BCUT2D eigenvalue weighted by atomic mass is 32.2. The van der Waals surface area contributed by atoms with Gasteiger partial charge >= 0.3 is 0 Å². The maximum atomic E-state index is 13.1. The maximum Gasteiger partial charge on any atom is 0.291 e. The molecule has 2 atom stereocenters. The predicted molar refractivity (Wildman–Crippen MR) is 95.4 cm³/mol. The number of nitrogens with zero attached hydrogens (tertiary/aromatic N) is 2. The van der Waals surface area contributed by atoms with Crippen LogP contribution in [-0.2, 0) is 23.1 Å². The van der Waals surface area contributed by atoms with Crippen LogP contribution in [0.1, 0.15) is 36.6 Å². The van der Waals surface area contributed by atoms with Crippen LogP contribution in [0.15, 0.2) is 28.7 Å². The molecule has 1 saturated heterocycles. The number of aromatic nitrogens is 2. The normalized spacial score (nSPS) is 23.2. The van der Waals surface area contributed by atoms with Crippen LogP contribution in [0.4, 0.5) is 4.39 Å². The second kappa shape index (κ2) is 6.86. The quantitative estimate of drug-likeness (QED) is 0.746. The summed E-state index contributed by atoms with van der Waals surface area (Å²) >= 11 is 5.29. The first-order valence-corrected chi connectivity index (χ1v) is 11.0. The summed E-state index contributed by atoms with van der Waals surface area (Å²) in [4.78, 5) is 1.58. The van der Waals surface area contributed by atoms with E-state index in [0.717, 1.165) is 24.9 Å². The van der Waals surface area contributed by atoms with Crippen LogP contribution in [0, 0.1) is 10.7 Å². The summed E-state index contributed by atoms with van der Waals surface area (Å²) in [5.41, 5.74) is 1.06. The van der Waals surface area contributed by atoms with Gasteiger partial charge in [0.25, 0.3) is 4.84 Å². The Balaban J connectivity index is 1.49. The van der Waals surface area contributed by atoms with Crippen molar-refractivity contribution in [2.45, 2.75) is 44.4 Å². The van der Waals surface area contributed by atoms with E-state index in [9.17, 15) is 12.8 Å². The van der Waals surface area contributed by atoms with Gasteiger partial charge in [-0.1, -0.05) is 12.1 Å². The van der Waals surface area contributed by atoms with Crippen molar-refractivity contribution in [3.05, 3.63) is 46.4 Å². The van der Waals surface area contributed by atoms with Gasteiger partial charge in [-0.15, -0.1) is 5.10 Å². The van der Waals surface area contributed by atoms with Crippen molar-refractivity contribution >= 4 is 22.1 Å². The van der Waals surface area contributed by atoms with Gasteiger partial charge in [0.1, 0.15) is 12.4 Å². The van der Waals surface area contributed by atoms with Crippen LogP contribution in [-0.4, -0.2) is 35.7 Å². The minimum absolute atomic E-state index is 0.0804. The maximum absolute atomic E-state index is 13.1. The average Bonchev–Trinajstić information content (AvgIpc) is 3.29. The molecule has 1 saturated carbocycles. The molecule has 1 aliphatic heterocycles. The van der Waals surface area contributed by atoms with Gasteiger partial charge in [-0.3, -0.25) is 0 Å². The molecule has 6 nitrogen and oxygen atoms in total. The first-order chi connectivity index (χ1) is 12.4. The summed E-state index contributed by atoms with van der Waals surface area (Å²) in [6.45, 7) is 1.32. The zero-order valence-corrected chi connectivity index (χ0v) is 15.9. The molecule has 140 valence electrons. The molecule has 0 amide bonds. The lowest BCUT2D eigenvalue weighted by Crippen LogP contribution is -3.11. The van der Waals surface area contributed by atoms with Crippen LogP contribution in [0.5, 0.6) is 0 Å². The third kappa shape index (κ3) is 4.05. The number of hydrogen-bond donors (Lipinski definition) is 1. The third-order valence-electron chi connectivity index (χ3n) is 5.06. The van der Waals surface area contributed by atoms with E-state index in [1.807, 2.05) is 0 Å². The average molecular weight is 399 g/mol. The number of quaternary nitrogens is 1. The molecule has 1 N–H and O–H groups in total. The summed E-state index contributed by atoms with van der Waals surface area (Å²) in [6.07, 6.45) is 2.83. The van der Waals surface area contributed by atoms with Crippen molar-refractivity contribution in [1.82, 2.24) is 9.78 Å². The van der Waals surface area contributed by atoms with Gasteiger partial charge in [-0.2, -0.15) is 4.68 Å². The molecule has 1 aliphatic carbocycles. The Bertz CT molecular complexity index is 948. The highest BCUT2D eigenvalue weighted by Gasteiger charge is 2.35. The predicted octanol–water partition coefficient (Wildman–Crippen LogP) is 1.45. The molecule has 0 spiro atoms. The Morgan fingerprint density at radius 3 is 2.62 bits per heavy atom. The number of rotatable bonds is 6. The Labute approximate surface area is 156 Å².